The maximum absolute atomic E-state index is 5.54. The molecule has 0 atom stereocenters. The summed E-state index contributed by atoms with van der Waals surface area (Å²) < 4.78 is 2.46. The third-order valence-electron chi connectivity index (χ3n) is 10.6. The first-order valence-corrected chi connectivity index (χ1v) is 16.0. The maximum atomic E-state index is 5.54. The van der Waals surface area contributed by atoms with Crippen LogP contribution in [0.2, 0.25) is 0 Å². The van der Waals surface area contributed by atoms with E-state index in [0.717, 1.165) is 16.9 Å². The standard InChI is InChI=1S/C44H26N2/c1-2-14-31-29(12-1)30-13-3-4-15-32(30)36-26-27(24-25-33(31)36)28-18-11-22-40-42(28)46-41-23-10-9-21-39(41)44(43(46)45-40)37-19-7-5-16-34(37)35-17-6-8-20-38(35)44/h1-26H. The van der Waals surface area contributed by atoms with Crippen molar-refractivity contribution in [1.29, 1.82) is 0 Å². The average molecular weight is 583 g/mol. The predicted octanol–water partition coefficient (Wildman–Crippen LogP) is 10.8. The van der Waals surface area contributed by atoms with Gasteiger partial charge in [0.2, 0.25) is 0 Å². The minimum absolute atomic E-state index is 0.474. The number of hydrogen-bond donors (Lipinski definition) is 0. The molecular weight excluding hydrogens is 556 g/mol. The van der Waals surface area contributed by atoms with E-state index in [4.69, 9.17) is 4.98 Å². The lowest BCUT2D eigenvalue weighted by atomic mass is 9.73. The van der Waals surface area contributed by atoms with Crippen LogP contribution in [0.25, 0.3) is 71.3 Å². The first kappa shape index (κ1) is 24.3. The molecule has 0 fully saturated rings. The first-order valence-electron chi connectivity index (χ1n) is 16.0. The predicted molar refractivity (Wildman–Crippen MR) is 190 cm³/mol. The van der Waals surface area contributed by atoms with Crippen LogP contribution in [0, 0.1) is 0 Å². The third-order valence-corrected chi connectivity index (χ3v) is 10.6. The van der Waals surface area contributed by atoms with Crippen LogP contribution in [-0.2, 0) is 5.41 Å². The van der Waals surface area contributed by atoms with Crippen LogP contribution >= 0.6 is 0 Å². The van der Waals surface area contributed by atoms with E-state index in [1.807, 2.05) is 0 Å². The summed E-state index contributed by atoms with van der Waals surface area (Å²) in [5.74, 6) is 1.07. The summed E-state index contributed by atoms with van der Waals surface area (Å²) in [5.41, 5.74) is 11.8. The molecule has 0 N–H and O–H groups in total. The normalized spacial score (nSPS) is 13.8. The van der Waals surface area contributed by atoms with E-state index in [1.165, 1.54) is 76.9 Å². The van der Waals surface area contributed by atoms with E-state index >= 15 is 0 Å². The van der Waals surface area contributed by atoms with Gasteiger partial charge < -0.3 is 0 Å². The third kappa shape index (κ3) is 2.81. The summed E-state index contributed by atoms with van der Waals surface area (Å²) in [4.78, 5) is 5.54. The van der Waals surface area contributed by atoms with Gasteiger partial charge in [0, 0.05) is 5.56 Å². The summed E-state index contributed by atoms with van der Waals surface area (Å²) in [5, 5.41) is 7.73. The largest absolute Gasteiger partial charge is 0.294 e. The Labute approximate surface area is 265 Å². The lowest BCUT2D eigenvalue weighted by molar-refractivity contribution is 0.738. The summed E-state index contributed by atoms with van der Waals surface area (Å²) in [7, 11) is 0. The van der Waals surface area contributed by atoms with Crippen molar-refractivity contribution in [3.63, 3.8) is 0 Å². The van der Waals surface area contributed by atoms with Crippen LogP contribution < -0.4 is 0 Å². The molecule has 0 saturated carbocycles. The molecule has 1 spiro atoms. The Kier molecular flexibility index (Phi) is 4.55. The molecule has 1 aliphatic heterocycles. The van der Waals surface area contributed by atoms with Crippen molar-refractivity contribution in [3.8, 4) is 27.9 Å². The number of nitrogens with zero attached hydrogens (tertiary/aromatic N) is 2. The van der Waals surface area contributed by atoms with Gasteiger partial charge in [0.15, 0.2) is 0 Å². The number of aromatic nitrogens is 2. The van der Waals surface area contributed by atoms with Gasteiger partial charge >= 0.3 is 0 Å². The molecule has 46 heavy (non-hydrogen) atoms. The van der Waals surface area contributed by atoms with Crippen LogP contribution in [0.15, 0.2) is 158 Å². The van der Waals surface area contributed by atoms with Crippen molar-refractivity contribution in [2.24, 2.45) is 0 Å². The van der Waals surface area contributed by atoms with Crippen molar-refractivity contribution in [2.75, 3.05) is 0 Å². The van der Waals surface area contributed by atoms with E-state index < -0.39 is 5.41 Å². The molecule has 2 heterocycles. The van der Waals surface area contributed by atoms with Crippen molar-refractivity contribution in [2.45, 2.75) is 5.41 Å². The zero-order valence-corrected chi connectivity index (χ0v) is 24.9. The van der Waals surface area contributed by atoms with Gasteiger partial charge in [-0.2, -0.15) is 0 Å². The number of para-hydroxylation sites is 2. The van der Waals surface area contributed by atoms with E-state index in [9.17, 15) is 0 Å². The Hall–Kier alpha value is -5.99. The maximum Gasteiger partial charge on any atom is 0.134 e. The topological polar surface area (TPSA) is 17.8 Å². The molecule has 0 bridgehead atoms. The molecule has 2 aliphatic rings. The van der Waals surface area contributed by atoms with Gasteiger partial charge in [0.05, 0.1) is 16.7 Å². The zero-order valence-electron chi connectivity index (χ0n) is 24.9. The molecule has 0 unspecified atom stereocenters. The van der Waals surface area contributed by atoms with Gasteiger partial charge in [-0.1, -0.05) is 140 Å². The second-order valence-electron chi connectivity index (χ2n) is 12.7. The van der Waals surface area contributed by atoms with Crippen LogP contribution in [-0.4, -0.2) is 9.55 Å². The summed E-state index contributed by atoms with van der Waals surface area (Å²) >= 11 is 0. The van der Waals surface area contributed by atoms with Gasteiger partial charge in [0.1, 0.15) is 11.2 Å². The quantitative estimate of drug-likeness (QED) is 0.176. The van der Waals surface area contributed by atoms with Gasteiger partial charge in [-0.25, -0.2) is 4.98 Å². The van der Waals surface area contributed by atoms with Gasteiger partial charge in [-0.15, -0.1) is 0 Å². The number of fused-ring (bicyclic) bond motifs is 18. The molecule has 0 radical (unpaired) electrons. The highest BCUT2D eigenvalue weighted by atomic mass is 15.1. The fourth-order valence-corrected chi connectivity index (χ4v) is 8.79. The average Bonchev–Trinajstić information content (AvgIpc) is 3.75. The highest BCUT2D eigenvalue weighted by Gasteiger charge is 2.54. The second-order valence-corrected chi connectivity index (χ2v) is 12.7. The van der Waals surface area contributed by atoms with Crippen LogP contribution in [0.5, 0.6) is 0 Å². The van der Waals surface area contributed by atoms with Crippen LogP contribution in [0.4, 0.5) is 0 Å². The summed E-state index contributed by atoms with van der Waals surface area (Å²) in [6.45, 7) is 0. The number of hydrogen-bond acceptors (Lipinski definition) is 1. The van der Waals surface area contributed by atoms with E-state index in [2.05, 4.69) is 162 Å². The fraction of sp³-hybridized carbons (Fsp3) is 0.0227. The van der Waals surface area contributed by atoms with E-state index in [1.54, 1.807) is 0 Å². The SMILES string of the molecule is c1ccc2c(c1)-c1ccccc1C21c2ccccc2-n2c1nc1cccc(-c3ccc4c5ccccc5c5ccccc5c4c3)c12. The van der Waals surface area contributed by atoms with Crippen LogP contribution in [0.1, 0.15) is 22.5 Å². The highest BCUT2D eigenvalue weighted by molar-refractivity contribution is 6.26. The van der Waals surface area contributed by atoms with Crippen molar-refractivity contribution in [1.82, 2.24) is 9.55 Å². The highest BCUT2D eigenvalue weighted by Crippen LogP contribution is 2.60. The summed E-state index contributed by atoms with van der Waals surface area (Å²) in [6, 6.07) is 58.0. The molecule has 11 rings (SSSR count). The Morgan fingerprint density at radius 1 is 0.413 bits per heavy atom. The molecule has 1 aromatic heterocycles. The molecule has 8 aromatic carbocycles. The Morgan fingerprint density at radius 3 is 1.61 bits per heavy atom. The number of benzene rings is 8. The van der Waals surface area contributed by atoms with E-state index in [0.29, 0.717) is 0 Å². The molecule has 2 heteroatoms. The smallest absolute Gasteiger partial charge is 0.134 e. The number of imidazole rings is 1. The Morgan fingerprint density at radius 2 is 0.935 bits per heavy atom. The molecule has 212 valence electrons. The monoisotopic (exact) mass is 582 g/mol. The minimum atomic E-state index is -0.474. The molecule has 9 aromatic rings. The Balaban J connectivity index is 1.25. The first-order chi connectivity index (χ1) is 22.8. The molecule has 2 nitrogen and oxygen atoms in total. The molecule has 0 amide bonds. The molecular formula is C44H26N2. The number of rotatable bonds is 1. The zero-order chi connectivity index (χ0) is 30.0. The fourth-order valence-electron chi connectivity index (χ4n) is 8.79. The lowest BCUT2D eigenvalue weighted by Gasteiger charge is -2.27. The molecule has 1 aliphatic carbocycles. The van der Waals surface area contributed by atoms with E-state index in [-0.39, 0.29) is 0 Å². The van der Waals surface area contributed by atoms with Crippen molar-refractivity contribution in [3.05, 3.63) is 180 Å². The van der Waals surface area contributed by atoms with Gasteiger partial charge in [-0.05, 0) is 83.9 Å². The van der Waals surface area contributed by atoms with Crippen molar-refractivity contribution < 1.29 is 0 Å². The van der Waals surface area contributed by atoms with Gasteiger partial charge in [-0.3, -0.25) is 4.57 Å². The van der Waals surface area contributed by atoms with Crippen molar-refractivity contribution >= 4 is 43.4 Å². The van der Waals surface area contributed by atoms with Crippen LogP contribution in [0.3, 0.4) is 0 Å². The summed E-state index contributed by atoms with van der Waals surface area (Å²) in [6.07, 6.45) is 0. The molecule has 0 saturated heterocycles. The second kappa shape index (κ2) is 8.59. The van der Waals surface area contributed by atoms with Gasteiger partial charge in [0.25, 0.3) is 0 Å². The Bertz CT molecular complexity index is 2680. The lowest BCUT2D eigenvalue weighted by Crippen LogP contribution is -2.27. The minimum Gasteiger partial charge on any atom is -0.294 e.